The molecule has 1 N–H and O–H groups in total. The van der Waals surface area contributed by atoms with Crippen LogP contribution in [-0.2, 0) is 28.1 Å². The highest BCUT2D eigenvalue weighted by atomic mass is 31.2. The van der Waals surface area contributed by atoms with Gasteiger partial charge in [0.1, 0.15) is 10.7 Å². The van der Waals surface area contributed by atoms with Gasteiger partial charge in [-0.15, -0.1) is 0 Å². The van der Waals surface area contributed by atoms with Crippen molar-refractivity contribution in [3.63, 3.8) is 0 Å². The Balaban J connectivity index is 1.96. The van der Waals surface area contributed by atoms with E-state index in [2.05, 4.69) is 24.0 Å². The highest BCUT2D eigenvalue weighted by Crippen LogP contribution is 2.57. The van der Waals surface area contributed by atoms with Crippen molar-refractivity contribution >= 4 is 26.2 Å². The van der Waals surface area contributed by atoms with Crippen LogP contribution in [0.25, 0.3) is 0 Å². The van der Waals surface area contributed by atoms with E-state index in [9.17, 15) is 9.67 Å². The van der Waals surface area contributed by atoms with E-state index in [1.807, 2.05) is 85.7 Å². The van der Waals surface area contributed by atoms with E-state index in [1.165, 1.54) is 0 Å². The SMILES string of the molecule is Cc1cc(C)c(P(=O)(c2ccccc2)C(C)(C)OCCC(C)(C)OCCN(CCO)CCOC(C)(C)CCOC(C)(C)P=O)c(C)c1. The molecule has 0 aliphatic heterocycles. The number of aryl methyl sites for hydroxylation is 3. The zero-order valence-corrected chi connectivity index (χ0v) is 32.6. The number of hydrogen-bond donors (Lipinski definition) is 1. The Morgan fingerprint density at radius 2 is 1.21 bits per heavy atom. The Kier molecular flexibility index (Phi) is 15.9. The lowest BCUT2D eigenvalue weighted by atomic mass is 10.1. The molecule has 0 spiro atoms. The standard InChI is InChI=1S/C37H61NO7P2/c1-29-27-30(2)33(31(3)28-29)47(41,32-15-13-12-14-16-32)37(10,11)45-24-18-35(6,7)43-26-21-38(19-22-39)20-25-42-34(4,5)17-23-44-36(8,9)46-40/h12-16,27-28,39H,17-26H2,1-11H3. The van der Waals surface area contributed by atoms with Crippen molar-refractivity contribution in [2.45, 2.75) is 111 Å². The average molecular weight is 694 g/mol. The highest BCUT2D eigenvalue weighted by Gasteiger charge is 2.46. The summed E-state index contributed by atoms with van der Waals surface area (Å²) in [5.74, 6) is 0. The predicted octanol–water partition coefficient (Wildman–Crippen LogP) is 7.39. The Morgan fingerprint density at radius 1 is 0.723 bits per heavy atom. The molecule has 0 heterocycles. The molecule has 0 amide bonds. The van der Waals surface area contributed by atoms with Gasteiger partial charge >= 0.3 is 0 Å². The third-order valence-corrected chi connectivity index (χ3v) is 13.2. The normalized spacial score (nSPS) is 14.6. The van der Waals surface area contributed by atoms with Gasteiger partial charge in [0.2, 0.25) is 0 Å². The second-order valence-electron chi connectivity index (χ2n) is 14.7. The molecule has 2 aromatic rings. The first-order valence-electron chi connectivity index (χ1n) is 16.8. The van der Waals surface area contributed by atoms with Gasteiger partial charge in [-0.2, -0.15) is 0 Å². The summed E-state index contributed by atoms with van der Waals surface area (Å²) in [5, 5.41) is 9.66. The van der Waals surface area contributed by atoms with Gasteiger partial charge in [-0.25, -0.2) is 0 Å². The quantitative estimate of drug-likeness (QED) is 0.128. The molecule has 2 aromatic carbocycles. The van der Waals surface area contributed by atoms with Gasteiger partial charge in [0.15, 0.2) is 15.6 Å². The molecule has 0 saturated carbocycles. The minimum Gasteiger partial charge on any atom is -0.395 e. The molecular weight excluding hydrogens is 632 g/mol. The lowest BCUT2D eigenvalue weighted by Gasteiger charge is -2.38. The van der Waals surface area contributed by atoms with Crippen LogP contribution in [0.1, 0.15) is 84.9 Å². The molecule has 10 heteroatoms. The molecule has 0 fully saturated rings. The van der Waals surface area contributed by atoms with Crippen molar-refractivity contribution in [1.29, 1.82) is 0 Å². The van der Waals surface area contributed by atoms with Crippen molar-refractivity contribution in [3.8, 4) is 0 Å². The number of aliphatic hydroxyl groups excluding tert-OH is 1. The molecule has 47 heavy (non-hydrogen) atoms. The Morgan fingerprint density at radius 3 is 1.68 bits per heavy atom. The predicted molar refractivity (Wildman–Crippen MR) is 194 cm³/mol. The van der Waals surface area contributed by atoms with E-state index in [1.54, 1.807) is 13.8 Å². The van der Waals surface area contributed by atoms with Crippen LogP contribution in [0.4, 0.5) is 0 Å². The first-order valence-corrected chi connectivity index (χ1v) is 19.3. The van der Waals surface area contributed by atoms with E-state index in [0.29, 0.717) is 58.9 Å². The van der Waals surface area contributed by atoms with Gasteiger partial charge < -0.3 is 28.6 Å². The number of hydrogen-bond acceptors (Lipinski definition) is 8. The topological polar surface area (TPSA) is 94.5 Å². The molecule has 0 radical (unpaired) electrons. The molecule has 0 saturated heterocycles. The number of benzene rings is 2. The van der Waals surface area contributed by atoms with Gasteiger partial charge in [-0.1, -0.05) is 48.0 Å². The minimum absolute atomic E-state index is 0.0378. The first kappa shape index (κ1) is 41.7. The smallest absolute Gasteiger partial charge is 0.190 e. The molecule has 0 aliphatic rings. The Bertz CT molecular complexity index is 1290. The van der Waals surface area contributed by atoms with E-state index in [-0.39, 0.29) is 15.1 Å². The van der Waals surface area contributed by atoms with Crippen LogP contribution in [0.15, 0.2) is 42.5 Å². The fourth-order valence-corrected chi connectivity index (χ4v) is 9.30. The summed E-state index contributed by atoms with van der Waals surface area (Å²) in [4.78, 5) is 2.13. The van der Waals surface area contributed by atoms with Crippen molar-refractivity contribution in [1.82, 2.24) is 4.90 Å². The number of aliphatic hydroxyl groups is 1. The minimum atomic E-state index is -3.21. The van der Waals surface area contributed by atoms with Gasteiger partial charge in [-0.05, 0) is 100 Å². The summed E-state index contributed by atoms with van der Waals surface area (Å²) in [7, 11) is -3.25. The summed E-state index contributed by atoms with van der Waals surface area (Å²) in [6.07, 6.45) is 1.30. The van der Waals surface area contributed by atoms with Crippen LogP contribution in [-0.4, -0.2) is 84.6 Å². The van der Waals surface area contributed by atoms with Crippen molar-refractivity contribution in [2.24, 2.45) is 0 Å². The van der Waals surface area contributed by atoms with Gasteiger partial charge in [0.25, 0.3) is 0 Å². The van der Waals surface area contributed by atoms with E-state index in [0.717, 1.165) is 27.3 Å². The summed E-state index contributed by atoms with van der Waals surface area (Å²) in [5.41, 5.74) is 2.32. The van der Waals surface area contributed by atoms with Crippen molar-refractivity contribution < 1.29 is 33.2 Å². The fraction of sp³-hybridized carbons (Fsp3) is 0.676. The first-order chi connectivity index (χ1) is 21.8. The second kappa shape index (κ2) is 18.0. The second-order valence-corrected chi connectivity index (χ2v) is 19.2. The number of nitrogens with zero attached hydrogens (tertiary/aromatic N) is 1. The molecule has 0 aliphatic carbocycles. The maximum absolute atomic E-state index is 15.3. The highest BCUT2D eigenvalue weighted by molar-refractivity contribution is 7.80. The molecular formula is C37H61NO7P2. The van der Waals surface area contributed by atoms with E-state index < -0.39 is 29.0 Å². The molecule has 266 valence electrons. The van der Waals surface area contributed by atoms with Crippen molar-refractivity contribution in [3.05, 3.63) is 59.2 Å². The Labute approximate surface area is 286 Å². The largest absolute Gasteiger partial charge is 0.395 e. The zero-order valence-electron chi connectivity index (χ0n) is 30.9. The van der Waals surface area contributed by atoms with Crippen molar-refractivity contribution in [2.75, 3.05) is 52.7 Å². The van der Waals surface area contributed by atoms with Gasteiger partial charge in [0.05, 0.1) is 44.2 Å². The summed E-state index contributed by atoms with van der Waals surface area (Å²) >= 11 is 0. The summed E-state index contributed by atoms with van der Waals surface area (Å²) < 4.78 is 51.2. The number of rotatable bonds is 22. The summed E-state index contributed by atoms with van der Waals surface area (Å²) in [6.45, 7) is 25.5. The molecule has 0 bridgehead atoms. The molecule has 0 aromatic heterocycles. The number of ether oxygens (including phenoxy) is 4. The van der Waals surface area contributed by atoms with Crippen LogP contribution in [0.2, 0.25) is 0 Å². The third kappa shape index (κ3) is 12.7. The molecule has 1 atom stereocenters. The lowest BCUT2D eigenvalue weighted by molar-refractivity contribution is -0.0693. The van der Waals surface area contributed by atoms with Crippen LogP contribution in [0, 0.1) is 20.8 Å². The Hall–Kier alpha value is -1.47. The maximum Gasteiger partial charge on any atom is 0.190 e. The molecule has 1 unspecified atom stereocenters. The van der Waals surface area contributed by atoms with Gasteiger partial charge in [0, 0.05) is 30.2 Å². The van der Waals surface area contributed by atoms with Crippen LogP contribution >= 0.6 is 15.6 Å². The van der Waals surface area contributed by atoms with Crippen LogP contribution in [0.5, 0.6) is 0 Å². The van der Waals surface area contributed by atoms with E-state index in [4.69, 9.17) is 18.9 Å². The fourth-order valence-electron chi connectivity index (χ4n) is 5.75. The average Bonchev–Trinajstić information content (AvgIpc) is 2.96. The third-order valence-electron chi connectivity index (χ3n) is 8.58. The monoisotopic (exact) mass is 693 g/mol. The molecule has 2 rings (SSSR count). The zero-order chi connectivity index (χ0) is 35.5. The van der Waals surface area contributed by atoms with E-state index >= 15 is 4.57 Å². The maximum atomic E-state index is 15.3. The van der Waals surface area contributed by atoms with Gasteiger partial charge in [-0.3, -0.25) is 9.46 Å². The van der Waals surface area contributed by atoms with Crippen LogP contribution < -0.4 is 10.6 Å². The van der Waals surface area contributed by atoms with Crippen LogP contribution in [0.3, 0.4) is 0 Å². The molecule has 8 nitrogen and oxygen atoms in total. The summed E-state index contributed by atoms with van der Waals surface area (Å²) in [6, 6.07) is 13.9. The lowest BCUT2D eigenvalue weighted by Crippen LogP contribution is -2.39.